The van der Waals surface area contributed by atoms with E-state index in [1.807, 2.05) is 6.92 Å². The molecule has 108 valence electrons. The third kappa shape index (κ3) is 3.12. The van der Waals surface area contributed by atoms with Crippen molar-refractivity contribution in [2.24, 2.45) is 11.8 Å². The van der Waals surface area contributed by atoms with Gasteiger partial charge in [-0.3, -0.25) is 9.59 Å². The molecule has 6 heteroatoms. The number of halogens is 2. The quantitative estimate of drug-likeness (QED) is 0.868. The van der Waals surface area contributed by atoms with Gasteiger partial charge in [0.15, 0.2) is 0 Å². The molecule has 2 unspecified atom stereocenters. The van der Waals surface area contributed by atoms with Crippen molar-refractivity contribution < 1.29 is 18.4 Å². The van der Waals surface area contributed by atoms with E-state index in [2.05, 4.69) is 10.6 Å². The molecule has 0 bridgehead atoms. The van der Waals surface area contributed by atoms with Gasteiger partial charge in [-0.2, -0.15) is 0 Å². The van der Waals surface area contributed by atoms with Gasteiger partial charge in [-0.1, -0.05) is 13.0 Å². The maximum Gasteiger partial charge on any atom is 0.228 e. The predicted octanol–water partition coefficient (Wildman–Crippen LogP) is 2.07. The SMILES string of the molecule is CCCNC(=O)C1CC1C(=O)Nc1c(F)cccc1F. The molecule has 0 aromatic heterocycles. The highest BCUT2D eigenvalue weighted by molar-refractivity contribution is 5.99. The summed E-state index contributed by atoms with van der Waals surface area (Å²) in [6.45, 7) is 2.49. The lowest BCUT2D eigenvalue weighted by molar-refractivity contribution is -0.125. The highest BCUT2D eigenvalue weighted by Gasteiger charge is 2.48. The average molecular weight is 282 g/mol. The van der Waals surface area contributed by atoms with Gasteiger partial charge >= 0.3 is 0 Å². The summed E-state index contributed by atoms with van der Waals surface area (Å²) in [4.78, 5) is 23.5. The number of carbonyl (C=O) groups excluding carboxylic acids is 2. The van der Waals surface area contributed by atoms with Crippen LogP contribution in [0.25, 0.3) is 0 Å². The Morgan fingerprint density at radius 3 is 2.40 bits per heavy atom. The third-order valence-electron chi connectivity index (χ3n) is 3.22. The van der Waals surface area contributed by atoms with Gasteiger partial charge in [0.25, 0.3) is 0 Å². The number of benzene rings is 1. The van der Waals surface area contributed by atoms with E-state index >= 15 is 0 Å². The number of hydrogen-bond donors (Lipinski definition) is 2. The van der Waals surface area contributed by atoms with Gasteiger partial charge < -0.3 is 10.6 Å². The highest BCUT2D eigenvalue weighted by Crippen LogP contribution is 2.39. The zero-order valence-corrected chi connectivity index (χ0v) is 11.1. The summed E-state index contributed by atoms with van der Waals surface area (Å²) in [6.07, 6.45) is 1.23. The van der Waals surface area contributed by atoms with Crippen molar-refractivity contribution in [3.63, 3.8) is 0 Å². The largest absolute Gasteiger partial charge is 0.356 e. The summed E-state index contributed by atoms with van der Waals surface area (Å²) in [6, 6.07) is 3.35. The minimum absolute atomic E-state index is 0.180. The van der Waals surface area contributed by atoms with Gasteiger partial charge in [0.05, 0.1) is 11.8 Å². The third-order valence-corrected chi connectivity index (χ3v) is 3.22. The highest BCUT2D eigenvalue weighted by atomic mass is 19.1. The zero-order valence-electron chi connectivity index (χ0n) is 11.1. The Morgan fingerprint density at radius 2 is 1.80 bits per heavy atom. The fourth-order valence-electron chi connectivity index (χ4n) is 1.99. The first kappa shape index (κ1) is 14.4. The van der Waals surface area contributed by atoms with Gasteiger partial charge in [-0.25, -0.2) is 8.78 Å². The maximum absolute atomic E-state index is 13.4. The van der Waals surface area contributed by atoms with Crippen LogP contribution in [0.4, 0.5) is 14.5 Å². The zero-order chi connectivity index (χ0) is 14.7. The minimum Gasteiger partial charge on any atom is -0.356 e. The molecule has 2 amide bonds. The summed E-state index contributed by atoms with van der Waals surface area (Å²) < 4.78 is 26.8. The summed E-state index contributed by atoms with van der Waals surface area (Å²) in [7, 11) is 0. The molecular formula is C14H16F2N2O2. The average Bonchev–Trinajstić information content (AvgIpc) is 3.20. The monoisotopic (exact) mass is 282 g/mol. The Bertz CT molecular complexity index is 514. The topological polar surface area (TPSA) is 58.2 Å². The van der Waals surface area contributed by atoms with Crippen molar-refractivity contribution in [3.8, 4) is 0 Å². The van der Waals surface area contributed by atoms with E-state index in [1.165, 1.54) is 6.07 Å². The number of rotatable bonds is 5. The van der Waals surface area contributed by atoms with Crippen molar-refractivity contribution in [3.05, 3.63) is 29.8 Å². The minimum atomic E-state index is -0.828. The van der Waals surface area contributed by atoms with Crippen LogP contribution >= 0.6 is 0 Å². The fraction of sp³-hybridized carbons (Fsp3) is 0.429. The van der Waals surface area contributed by atoms with E-state index in [1.54, 1.807) is 0 Å². The van der Waals surface area contributed by atoms with Crippen molar-refractivity contribution >= 4 is 17.5 Å². The van der Waals surface area contributed by atoms with Gasteiger partial charge in [-0.05, 0) is 25.0 Å². The van der Waals surface area contributed by atoms with Crippen LogP contribution in [0.3, 0.4) is 0 Å². The molecule has 0 aliphatic heterocycles. The molecule has 0 saturated heterocycles. The normalized spacial score (nSPS) is 20.4. The second kappa shape index (κ2) is 5.98. The van der Waals surface area contributed by atoms with Gasteiger partial charge in [-0.15, -0.1) is 0 Å². The summed E-state index contributed by atoms with van der Waals surface area (Å²) in [5, 5.41) is 4.91. The number of amides is 2. The van der Waals surface area contributed by atoms with Crippen molar-refractivity contribution in [2.75, 3.05) is 11.9 Å². The first-order valence-electron chi connectivity index (χ1n) is 6.57. The first-order valence-corrected chi connectivity index (χ1v) is 6.57. The van der Waals surface area contributed by atoms with Crippen LogP contribution in [0.2, 0.25) is 0 Å². The lowest BCUT2D eigenvalue weighted by atomic mass is 10.2. The van der Waals surface area contributed by atoms with Crippen LogP contribution in [0.5, 0.6) is 0 Å². The Kier molecular flexibility index (Phi) is 4.32. The molecular weight excluding hydrogens is 266 g/mol. The molecule has 4 nitrogen and oxygen atoms in total. The van der Waals surface area contributed by atoms with Crippen molar-refractivity contribution in [2.45, 2.75) is 19.8 Å². The Hall–Kier alpha value is -1.98. The maximum atomic E-state index is 13.4. The van der Waals surface area contributed by atoms with Crippen LogP contribution in [-0.4, -0.2) is 18.4 Å². The molecule has 1 fully saturated rings. The molecule has 2 N–H and O–H groups in total. The van der Waals surface area contributed by atoms with Gasteiger partial charge in [0, 0.05) is 6.54 Å². The van der Waals surface area contributed by atoms with E-state index in [0.717, 1.165) is 18.6 Å². The van der Waals surface area contributed by atoms with Crippen LogP contribution < -0.4 is 10.6 Å². The van der Waals surface area contributed by atoms with E-state index in [-0.39, 0.29) is 5.91 Å². The molecule has 1 aliphatic carbocycles. The van der Waals surface area contributed by atoms with E-state index in [0.29, 0.717) is 13.0 Å². The van der Waals surface area contributed by atoms with Crippen molar-refractivity contribution in [1.29, 1.82) is 0 Å². The van der Waals surface area contributed by atoms with Gasteiger partial charge in [0.1, 0.15) is 17.3 Å². The smallest absolute Gasteiger partial charge is 0.228 e. The van der Waals surface area contributed by atoms with E-state index < -0.39 is 35.1 Å². The predicted molar refractivity (Wildman–Crippen MR) is 69.9 cm³/mol. The number of hydrogen-bond acceptors (Lipinski definition) is 2. The number of carbonyl (C=O) groups is 2. The Labute approximate surface area is 115 Å². The van der Waals surface area contributed by atoms with Crippen molar-refractivity contribution in [1.82, 2.24) is 5.32 Å². The molecule has 1 aliphatic rings. The fourth-order valence-corrected chi connectivity index (χ4v) is 1.99. The van der Waals surface area contributed by atoms with Crippen LogP contribution in [0.1, 0.15) is 19.8 Å². The Morgan fingerprint density at radius 1 is 1.20 bits per heavy atom. The Balaban J connectivity index is 1.93. The molecule has 1 aromatic carbocycles. The molecule has 1 aromatic rings. The van der Waals surface area contributed by atoms with Crippen LogP contribution in [0.15, 0.2) is 18.2 Å². The number of para-hydroxylation sites is 1. The van der Waals surface area contributed by atoms with Crippen LogP contribution in [-0.2, 0) is 9.59 Å². The molecule has 2 atom stereocenters. The number of anilines is 1. The second-order valence-corrected chi connectivity index (χ2v) is 4.83. The van der Waals surface area contributed by atoms with E-state index in [9.17, 15) is 18.4 Å². The molecule has 1 saturated carbocycles. The molecule has 0 spiro atoms. The molecule has 2 rings (SSSR count). The van der Waals surface area contributed by atoms with Gasteiger partial charge in [0.2, 0.25) is 11.8 Å². The first-order chi connectivity index (χ1) is 9.54. The second-order valence-electron chi connectivity index (χ2n) is 4.83. The van der Waals surface area contributed by atoms with Crippen LogP contribution in [0, 0.1) is 23.5 Å². The lowest BCUT2D eigenvalue weighted by Gasteiger charge is -2.07. The lowest BCUT2D eigenvalue weighted by Crippen LogP contribution is -2.28. The summed E-state index contributed by atoms with van der Waals surface area (Å²) >= 11 is 0. The standard InChI is InChI=1S/C14H16F2N2O2/c1-2-6-17-13(19)8-7-9(8)14(20)18-12-10(15)4-3-5-11(12)16/h3-5,8-9H,2,6-7H2,1H3,(H,17,19)(H,18,20). The number of nitrogens with one attached hydrogen (secondary N) is 2. The molecule has 0 radical (unpaired) electrons. The summed E-state index contributed by atoms with van der Waals surface area (Å²) in [5.41, 5.74) is -0.461. The molecule has 20 heavy (non-hydrogen) atoms. The van der Waals surface area contributed by atoms with E-state index in [4.69, 9.17) is 0 Å². The molecule has 0 heterocycles. The summed E-state index contributed by atoms with van der Waals surface area (Å²) in [5.74, 6) is -3.26.